The number of carbonyl (C=O) groups excluding carboxylic acids is 2. The number of hydrogen-bond acceptors (Lipinski definition) is 8. The van der Waals surface area contributed by atoms with E-state index in [1.807, 2.05) is 32.1 Å². The fraction of sp³-hybridized carbons (Fsp3) is 0.643. The lowest BCUT2D eigenvalue weighted by atomic mass is 9.65. The molecule has 0 amide bonds. The highest BCUT2D eigenvalue weighted by Crippen LogP contribution is 2.48. The molecule has 204 valence electrons. The summed E-state index contributed by atoms with van der Waals surface area (Å²) in [5, 5.41) is 43.6. The van der Waals surface area contributed by atoms with Crippen molar-refractivity contribution in [2.24, 2.45) is 29.6 Å². The average Bonchev–Trinajstić information content (AvgIpc) is 3.47. The van der Waals surface area contributed by atoms with E-state index in [4.69, 9.17) is 9.47 Å². The third-order valence-corrected chi connectivity index (χ3v) is 8.61. The number of esters is 2. The highest BCUT2D eigenvalue weighted by atomic mass is 16.6. The van der Waals surface area contributed by atoms with E-state index >= 15 is 0 Å². The van der Waals surface area contributed by atoms with Gasteiger partial charge in [-0.2, -0.15) is 0 Å². The summed E-state index contributed by atoms with van der Waals surface area (Å²) >= 11 is 0. The molecule has 0 aromatic carbocycles. The Morgan fingerprint density at radius 3 is 2.62 bits per heavy atom. The fourth-order valence-electron chi connectivity index (χ4n) is 6.36. The minimum Gasteiger partial charge on any atom is -0.457 e. The topological polar surface area (TPSA) is 149 Å². The quantitative estimate of drug-likeness (QED) is 0.301. The fourth-order valence-corrected chi connectivity index (χ4v) is 6.36. The minimum absolute atomic E-state index is 0.0421. The smallest absolute Gasteiger partial charge is 0.355 e. The van der Waals surface area contributed by atoms with Crippen molar-refractivity contribution in [2.45, 2.75) is 83.1 Å². The number of rotatable bonds is 4. The summed E-state index contributed by atoms with van der Waals surface area (Å²) in [6, 6.07) is 3.34. The molecule has 1 aliphatic heterocycles. The van der Waals surface area contributed by atoms with Crippen LogP contribution in [0.4, 0.5) is 0 Å². The molecule has 0 saturated heterocycles. The van der Waals surface area contributed by atoms with Gasteiger partial charge in [0.1, 0.15) is 17.9 Å². The molecule has 1 saturated carbocycles. The van der Waals surface area contributed by atoms with E-state index in [1.54, 1.807) is 25.3 Å². The third-order valence-electron chi connectivity index (χ3n) is 8.61. The van der Waals surface area contributed by atoms with Crippen molar-refractivity contribution in [2.75, 3.05) is 0 Å². The molecule has 37 heavy (non-hydrogen) atoms. The number of hydrogen-bond donors (Lipinski definition) is 5. The number of aromatic nitrogens is 1. The van der Waals surface area contributed by atoms with Crippen LogP contribution in [0.3, 0.4) is 0 Å². The number of aliphatic hydroxyl groups excluding tert-OH is 3. The zero-order chi connectivity index (χ0) is 27.1. The zero-order valence-corrected chi connectivity index (χ0v) is 21.8. The molecule has 2 aliphatic carbocycles. The van der Waals surface area contributed by atoms with Crippen molar-refractivity contribution in [1.29, 1.82) is 0 Å². The number of cyclic esters (lactones) is 1. The first-order valence-electron chi connectivity index (χ1n) is 13.1. The first-order valence-corrected chi connectivity index (χ1v) is 13.1. The molecule has 0 bridgehead atoms. The van der Waals surface area contributed by atoms with Gasteiger partial charge in [0.15, 0.2) is 6.10 Å². The number of allylic oxidation sites excluding steroid dienone is 1. The van der Waals surface area contributed by atoms with E-state index in [-0.39, 0.29) is 30.6 Å². The summed E-state index contributed by atoms with van der Waals surface area (Å²) in [7, 11) is 0. The van der Waals surface area contributed by atoms with E-state index in [1.165, 1.54) is 6.92 Å². The number of nitrogens with one attached hydrogen (secondary N) is 1. The molecule has 0 spiro atoms. The van der Waals surface area contributed by atoms with Crippen molar-refractivity contribution in [3.63, 3.8) is 0 Å². The van der Waals surface area contributed by atoms with Gasteiger partial charge in [0.2, 0.25) is 0 Å². The van der Waals surface area contributed by atoms with E-state index in [2.05, 4.69) is 4.98 Å². The average molecular weight is 518 g/mol. The lowest BCUT2D eigenvalue weighted by Gasteiger charge is -2.45. The Morgan fingerprint density at radius 2 is 1.97 bits per heavy atom. The number of aliphatic hydroxyl groups is 4. The van der Waals surface area contributed by atoms with Crippen molar-refractivity contribution < 1.29 is 39.5 Å². The molecule has 9 nitrogen and oxygen atoms in total. The van der Waals surface area contributed by atoms with Crippen molar-refractivity contribution in [1.82, 2.24) is 4.98 Å². The van der Waals surface area contributed by atoms with Gasteiger partial charge in [-0.3, -0.25) is 0 Å². The molecular weight excluding hydrogens is 478 g/mol. The molecule has 2 heterocycles. The molecule has 1 fully saturated rings. The Balaban J connectivity index is 1.64. The third kappa shape index (κ3) is 5.41. The maximum Gasteiger partial charge on any atom is 0.355 e. The lowest BCUT2D eigenvalue weighted by molar-refractivity contribution is -0.169. The van der Waals surface area contributed by atoms with Gasteiger partial charge >= 0.3 is 11.9 Å². The molecule has 5 N–H and O–H groups in total. The monoisotopic (exact) mass is 517 g/mol. The Morgan fingerprint density at radius 1 is 1.24 bits per heavy atom. The van der Waals surface area contributed by atoms with E-state index in [0.29, 0.717) is 17.7 Å². The van der Waals surface area contributed by atoms with Gasteiger partial charge in [-0.1, -0.05) is 32.1 Å². The Bertz CT molecular complexity index is 1030. The van der Waals surface area contributed by atoms with E-state index < -0.39 is 59.9 Å². The van der Waals surface area contributed by atoms with Gasteiger partial charge in [-0.25, -0.2) is 9.59 Å². The summed E-state index contributed by atoms with van der Waals surface area (Å²) in [5.41, 5.74) is -0.402. The van der Waals surface area contributed by atoms with Crippen LogP contribution in [0.1, 0.15) is 57.4 Å². The Kier molecular flexibility index (Phi) is 7.99. The number of ether oxygens (including phenoxy) is 2. The Hall–Kier alpha value is -2.46. The molecular formula is C28H39NO8. The van der Waals surface area contributed by atoms with E-state index in [9.17, 15) is 30.0 Å². The second kappa shape index (κ2) is 10.7. The first kappa shape index (κ1) is 27.6. The lowest BCUT2D eigenvalue weighted by Crippen LogP contribution is -2.48. The van der Waals surface area contributed by atoms with Gasteiger partial charge in [0, 0.05) is 29.9 Å². The highest BCUT2D eigenvalue weighted by molar-refractivity contribution is 5.87. The van der Waals surface area contributed by atoms with Gasteiger partial charge < -0.3 is 34.9 Å². The first-order chi connectivity index (χ1) is 17.4. The molecule has 1 aromatic heterocycles. The van der Waals surface area contributed by atoms with Crippen LogP contribution < -0.4 is 0 Å². The minimum atomic E-state index is -1.46. The zero-order valence-electron chi connectivity index (χ0n) is 21.8. The van der Waals surface area contributed by atoms with Crippen molar-refractivity contribution in [3.8, 4) is 0 Å². The Labute approximate surface area is 217 Å². The standard InChI is InChI=1S/C28H39NO8/c1-14-10-15(2)28(35)13-18(7-8-19(28)11-23(32)27(34)36-24(14)17(4)30)20-12-22(31)16(3)25(20)37-26(33)21-6-5-9-29-21/h5-10,14,16-20,22-25,29-32,35H,11-13H2,1-4H3/b15-10+/t14-,16-,17?,18-,19?,20-,22+,23?,24+,25-,28+/m1/s1. The second-order valence-electron chi connectivity index (χ2n) is 11.2. The van der Waals surface area contributed by atoms with E-state index in [0.717, 1.165) is 0 Å². The summed E-state index contributed by atoms with van der Waals surface area (Å²) in [6.07, 6.45) is 3.37. The molecule has 0 radical (unpaired) electrons. The van der Waals surface area contributed by atoms with Gasteiger partial charge in [0.05, 0.1) is 17.8 Å². The molecule has 4 rings (SSSR count). The predicted molar refractivity (Wildman–Crippen MR) is 134 cm³/mol. The van der Waals surface area contributed by atoms with Gasteiger partial charge in [0.25, 0.3) is 0 Å². The van der Waals surface area contributed by atoms with Crippen LogP contribution >= 0.6 is 0 Å². The maximum atomic E-state index is 12.7. The molecule has 9 heteroatoms. The molecule has 3 aliphatic rings. The van der Waals surface area contributed by atoms with Crippen LogP contribution in [-0.2, 0) is 14.3 Å². The summed E-state index contributed by atoms with van der Waals surface area (Å²) in [4.78, 5) is 28.1. The van der Waals surface area contributed by atoms with Crippen LogP contribution in [0.25, 0.3) is 0 Å². The van der Waals surface area contributed by atoms with Crippen molar-refractivity contribution >= 4 is 11.9 Å². The predicted octanol–water partition coefficient (Wildman–Crippen LogP) is 2.12. The van der Waals surface area contributed by atoms with Gasteiger partial charge in [-0.05, 0) is 56.7 Å². The number of fused-ring (bicyclic) bond motifs is 1. The van der Waals surface area contributed by atoms with Crippen LogP contribution in [0.2, 0.25) is 0 Å². The summed E-state index contributed by atoms with van der Waals surface area (Å²) < 4.78 is 11.3. The van der Waals surface area contributed by atoms with Crippen LogP contribution in [0.5, 0.6) is 0 Å². The largest absolute Gasteiger partial charge is 0.457 e. The molecule has 3 unspecified atom stereocenters. The summed E-state index contributed by atoms with van der Waals surface area (Å²) in [5.74, 6) is -3.02. The maximum absolute atomic E-state index is 12.7. The normalized spacial score (nSPS) is 42.8. The number of carbonyl (C=O) groups is 2. The summed E-state index contributed by atoms with van der Waals surface area (Å²) in [6.45, 7) is 6.98. The molecule has 11 atom stereocenters. The molecule has 1 aromatic rings. The SMILES string of the molecule is C/C1=C\[C@@H](C)[C@@H](C(C)O)OC(=O)C(O)CC2C=C[C@@H]([C@H]3C[C@H](O)[C@@H](C)[C@H]3OC(=O)c3ccc[nH]3)C[C@]12O. The van der Waals surface area contributed by atoms with Crippen molar-refractivity contribution in [3.05, 3.63) is 47.8 Å². The number of H-pyrrole nitrogens is 1. The highest BCUT2D eigenvalue weighted by Gasteiger charge is 2.51. The van der Waals surface area contributed by atoms with Gasteiger partial charge in [-0.15, -0.1) is 0 Å². The van der Waals surface area contributed by atoms with Crippen LogP contribution in [0.15, 0.2) is 42.1 Å². The second-order valence-corrected chi connectivity index (χ2v) is 11.2. The van der Waals surface area contributed by atoms with Crippen LogP contribution in [-0.4, -0.2) is 73.5 Å². The van der Waals surface area contributed by atoms with Crippen LogP contribution in [0, 0.1) is 29.6 Å². The number of aromatic amines is 1.